The fourth-order valence-electron chi connectivity index (χ4n) is 0. The van der Waals surface area contributed by atoms with E-state index in [1.807, 2.05) is 0 Å². The van der Waals surface area contributed by atoms with Crippen LogP contribution in [0.4, 0.5) is 0 Å². The van der Waals surface area contributed by atoms with E-state index in [0.29, 0.717) is 0 Å². The second-order valence-electron chi connectivity index (χ2n) is 1.78. The SMILES string of the molecule is CC(=O)S.CC(=O)S.C[S+](C)[O-]. The van der Waals surface area contributed by atoms with Crippen LogP contribution < -0.4 is 0 Å². The van der Waals surface area contributed by atoms with Crippen molar-refractivity contribution in [3.05, 3.63) is 0 Å². The zero-order chi connectivity index (χ0) is 10.7. The highest BCUT2D eigenvalue weighted by molar-refractivity contribution is 7.96. The van der Waals surface area contributed by atoms with Crippen LogP contribution in [0, 0.1) is 0 Å². The van der Waals surface area contributed by atoms with Crippen molar-refractivity contribution < 1.29 is 14.1 Å². The molecule has 0 aliphatic heterocycles. The van der Waals surface area contributed by atoms with Gasteiger partial charge in [0, 0.05) is 13.8 Å². The Morgan fingerprint density at radius 2 is 1.08 bits per heavy atom. The Morgan fingerprint density at radius 1 is 1.08 bits per heavy atom. The first-order valence-electron chi connectivity index (χ1n) is 2.84. The topological polar surface area (TPSA) is 57.2 Å². The molecule has 0 aliphatic carbocycles. The van der Waals surface area contributed by atoms with Crippen molar-refractivity contribution in [1.29, 1.82) is 0 Å². The molecule has 6 heteroatoms. The van der Waals surface area contributed by atoms with Crippen LogP contribution >= 0.6 is 25.3 Å². The first-order valence-corrected chi connectivity index (χ1v) is 5.70. The van der Waals surface area contributed by atoms with E-state index < -0.39 is 11.2 Å². The first-order chi connectivity index (χ1) is 5.20. The van der Waals surface area contributed by atoms with Gasteiger partial charge in [0.1, 0.15) is 0 Å². The summed E-state index contributed by atoms with van der Waals surface area (Å²) in [6.07, 6.45) is 3.28. The molecule has 0 N–H and O–H groups in total. The van der Waals surface area contributed by atoms with E-state index in [1.54, 1.807) is 12.5 Å². The summed E-state index contributed by atoms with van der Waals surface area (Å²) < 4.78 is 9.56. The van der Waals surface area contributed by atoms with Gasteiger partial charge in [0.05, 0.1) is 12.5 Å². The number of carbonyl (C=O) groups excluding carboxylic acids is 2. The van der Waals surface area contributed by atoms with Crippen LogP contribution in [0.3, 0.4) is 0 Å². The quantitative estimate of drug-likeness (QED) is 0.480. The zero-order valence-corrected chi connectivity index (χ0v) is 10.1. The van der Waals surface area contributed by atoms with Crippen LogP contribution in [-0.2, 0) is 20.8 Å². The van der Waals surface area contributed by atoms with Crippen LogP contribution in [0.5, 0.6) is 0 Å². The standard InChI is InChI=1S/C2H6OS.2C2H4OS/c1-4(2)3;2*1-2(3)4/h1-2H3;2*1H3,(H,3,4). The molecule has 0 atom stereocenters. The molecule has 0 heterocycles. The van der Waals surface area contributed by atoms with Crippen molar-refractivity contribution >= 4 is 46.7 Å². The van der Waals surface area contributed by atoms with Gasteiger partial charge in [-0.1, -0.05) is 11.2 Å². The molecular weight excluding hydrogens is 216 g/mol. The van der Waals surface area contributed by atoms with E-state index in [9.17, 15) is 14.1 Å². The van der Waals surface area contributed by atoms with E-state index >= 15 is 0 Å². The molecular formula is C6H14O3S3. The first kappa shape index (κ1) is 18.2. The largest absolute Gasteiger partial charge is 0.617 e. The monoisotopic (exact) mass is 230 g/mol. The maximum atomic E-state index is 9.56. The lowest BCUT2D eigenvalue weighted by atomic mass is 10.9. The number of hydrogen-bond acceptors (Lipinski definition) is 3. The predicted octanol–water partition coefficient (Wildman–Crippen LogP) is 0.920. The molecule has 0 aromatic heterocycles. The Labute approximate surface area is 87.3 Å². The van der Waals surface area contributed by atoms with Crippen LogP contribution in [-0.4, -0.2) is 27.3 Å². The van der Waals surface area contributed by atoms with Gasteiger partial charge in [0.2, 0.25) is 0 Å². The fourth-order valence-corrected chi connectivity index (χ4v) is 0. The van der Waals surface area contributed by atoms with Gasteiger partial charge in [-0.05, 0) is 0 Å². The average Bonchev–Trinajstić information content (AvgIpc) is 1.54. The minimum absolute atomic E-state index is 0.139. The Kier molecular flexibility index (Phi) is 21.1. The van der Waals surface area contributed by atoms with Gasteiger partial charge in [-0.25, -0.2) is 0 Å². The highest BCUT2D eigenvalue weighted by Crippen LogP contribution is 1.66. The van der Waals surface area contributed by atoms with Gasteiger partial charge in [0.15, 0.2) is 10.2 Å². The summed E-state index contributed by atoms with van der Waals surface area (Å²) in [7, 11) is 0. The van der Waals surface area contributed by atoms with Crippen molar-refractivity contribution in [3.63, 3.8) is 0 Å². The van der Waals surface area contributed by atoms with E-state index in [0.717, 1.165) is 0 Å². The van der Waals surface area contributed by atoms with E-state index in [1.165, 1.54) is 13.8 Å². The summed E-state index contributed by atoms with van der Waals surface area (Å²) in [5.41, 5.74) is 0. The molecule has 0 radical (unpaired) electrons. The van der Waals surface area contributed by atoms with E-state index in [2.05, 4.69) is 25.3 Å². The second kappa shape index (κ2) is 13.9. The lowest BCUT2D eigenvalue weighted by Gasteiger charge is -1.87. The maximum absolute atomic E-state index is 9.56. The number of hydrogen-bond donors (Lipinski definition) is 2. The van der Waals surface area contributed by atoms with Crippen LogP contribution in [0.2, 0.25) is 0 Å². The molecule has 0 spiro atoms. The molecule has 0 saturated carbocycles. The Balaban J connectivity index is -0.000000101. The molecule has 74 valence electrons. The van der Waals surface area contributed by atoms with E-state index in [4.69, 9.17) is 0 Å². The molecule has 0 fully saturated rings. The van der Waals surface area contributed by atoms with E-state index in [-0.39, 0.29) is 10.2 Å². The van der Waals surface area contributed by atoms with Crippen molar-refractivity contribution in [2.24, 2.45) is 0 Å². The summed E-state index contributed by atoms with van der Waals surface area (Å²) in [4.78, 5) is 18.6. The van der Waals surface area contributed by atoms with Crippen LogP contribution in [0.25, 0.3) is 0 Å². The fraction of sp³-hybridized carbons (Fsp3) is 0.667. The van der Waals surface area contributed by atoms with Crippen molar-refractivity contribution in [2.45, 2.75) is 13.8 Å². The van der Waals surface area contributed by atoms with Crippen LogP contribution in [0.15, 0.2) is 0 Å². The number of carbonyl (C=O) groups is 2. The summed E-state index contributed by atoms with van der Waals surface area (Å²) >= 11 is 6.04. The molecule has 0 unspecified atom stereocenters. The van der Waals surface area contributed by atoms with Crippen molar-refractivity contribution in [1.82, 2.24) is 0 Å². The molecule has 0 amide bonds. The minimum Gasteiger partial charge on any atom is -0.617 e. The average molecular weight is 230 g/mol. The van der Waals surface area contributed by atoms with Crippen LogP contribution in [0.1, 0.15) is 13.8 Å². The highest BCUT2D eigenvalue weighted by atomic mass is 32.2. The summed E-state index contributed by atoms with van der Waals surface area (Å²) in [5.74, 6) is 0. The van der Waals surface area contributed by atoms with Gasteiger partial charge in [-0.2, -0.15) is 0 Å². The van der Waals surface area contributed by atoms with Gasteiger partial charge in [-0.3, -0.25) is 9.59 Å². The second-order valence-corrected chi connectivity index (χ2v) is 4.52. The summed E-state index contributed by atoms with van der Waals surface area (Å²) in [6, 6.07) is 0. The zero-order valence-electron chi connectivity index (χ0n) is 7.53. The summed E-state index contributed by atoms with van der Waals surface area (Å²) in [6.45, 7) is 2.78. The third kappa shape index (κ3) is 7390. The molecule has 0 aliphatic rings. The lowest BCUT2D eigenvalue weighted by Crippen LogP contribution is -1.86. The summed E-state index contributed by atoms with van der Waals surface area (Å²) in [5, 5.41) is -0.278. The molecule has 3 nitrogen and oxygen atoms in total. The maximum Gasteiger partial charge on any atom is 0.182 e. The lowest BCUT2D eigenvalue weighted by molar-refractivity contribution is -0.109. The Bertz CT molecular complexity index is 102. The molecule has 12 heavy (non-hydrogen) atoms. The third-order valence-corrected chi connectivity index (χ3v) is 0. The Hall–Kier alpha value is 0.350. The predicted molar refractivity (Wildman–Crippen MR) is 59.3 cm³/mol. The smallest absolute Gasteiger partial charge is 0.182 e. The van der Waals surface area contributed by atoms with Crippen molar-refractivity contribution in [2.75, 3.05) is 12.5 Å². The van der Waals surface area contributed by atoms with Gasteiger partial charge in [0.25, 0.3) is 0 Å². The third-order valence-electron chi connectivity index (χ3n) is 0. The number of rotatable bonds is 0. The normalized spacial score (nSPS) is 7.33. The van der Waals surface area contributed by atoms with Gasteiger partial charge < -0.3 is 4.55 Å². The van der Waals surface area contributed by atoms with Crippen molar-refractivity contribution in [3.8, 4) is 0 Å². The van der Waals surface area contributed by atoms with Gasteiger partial charge >= 0.3 is 0 Å². The molecule has 0 saturated heterocycles. The molecule has 0 aromatic carbocycles. The molecule has 0 aromatic rings. The molecule has 0 rings (SSSR count). The number of thiol groups is 2. The van der Waals surface area contributed by atoms with Gasteiger partial charge in [-0.15, -0.1) is 25.3 Å². The highest BCUT2D eigenvalue weighted by Gasteiger charge is 1.66. The minimum atomic E-state index is -0.611. The molecule has 0 bridgehead atoms. The Morgan fingerprint density at radius 3 is 1.08 bits per heavy atom.